The number of benzene rings is 1. The highest BCUT2D eigenvalue weighted by Gasteiger charge is 2.30. The average Bonchev–Trinajstić information content (AvgIpc) is 3.02. The Labute approximate surface area is 160 Å². The first-order chi connectivity index (χ1) is 12.8. The van der Waals surface area contributed by atoms with Gasteiger partial charge < -0.3 is 29.7 Å². The van der Waals surface area contributed by atoms with Crippen LogP contribution in [0.5, 0.6) is 5.75 Å². The molecule has 0 saturated heterocycles. The van der Waals surface area contributed by atoms with Crippen LogP contribution in [-0.2, 0) is 7.05 Å². The number of nitrogens with zero attached hydrogens (tertiary/aromatic N) is 3. The highest BCUT2D eigenvalue weighted by molar-refractivity contribution is 6.32. The van der Waals surface area contributed by atoms with Gasteiger partial charge in [0.05, 0.1) is 17.5 Å². The van der Waals surface area contributed by atoms with Crippen molar-refractivity contribution in [2.45, 2.75) is 31.5 Å². The van der Waals surface area contributed by atoms with Gasteiger partial charge in [-0.15, -0.1) is 0 Å². The van der Waals surface area contributed by atoms with E-state index < -0.39 is 24.6 Å². The van der Waals surface area contributed by atoms with E-state index in [1.54, 1.807) is 24.7 Å². The van der Waals surface area contributed by atoms with E-state index >= 15 is 0 Å². The Kier molecular flexibility index (Phi) is 5.64. The van der Waals surface area contributed by atoms with Gasteiger partial charge in [0.25, 0.3) is 0 Å². The molecule has 2 aromatic heterocycles. The zero-order chi connectivity index (χ0) is 19.7. The fourth-order valence-corrected chi connectivity index (χ4v) is 2.83. The molecule has 27 heavy (non-hydrogen) atoms. The monoisotopic (exact) mass is 393 g/mol. The molecule has 0 saturated carbocycles. The van der Waals surface area contributed by atoms with Crippen molar-refractivity contribution in [2.75, 3.05) is 0 Å². The van der Waals surface area contributed by atoms with Crippen molar-refractivity contribution < 1.29 is 25.2 Å². The van der Waals surface area contributed by atoms with Crippen LogP contribution in [0.4, 0.5) is 0 Å². The molecule has 3 rings (SSSR count). The Morgan fingerprint density at radius 1 is 1.04 bits per heavy atom. The van der Waals surface area contributed by atoms with Crippen molar-refractivity contribution in [3.05, 3.63) is 41.8 Å². The van der Waals surface area contributed by atoms with Crippen molar-refractivity contribution in [1.82, 2.24) is 14.5 Å². The topological polar surface area (TPSA) is 121 Å². The second-order valence-electron chi connectivity index (χ2n) is 6.30. The zero-order valence-electron chi connectivity index (χ0n) is 14.7. The van der Waals surface area contributed by atoms with Gasteiger partial charge in [-0.1, -0.05) is 17.7 Å². The van der Waals surface area contributed by atoms with Crippen LogP contribution in [0, 0.1) is 0 Å². The number of aliphatic hydroxyl groups excluding tert-OH is 4. The van der Waals surface area contributed by atoms with Gasteiger partial charge in [-0.05, 0) is 30.7 Å². The Bertz CT molecular complexity index is 946. The third kappa shape index (κ3) is 4.05. The summed E-state index contributed by atoms with van der Waals surface area (Å²) in [6.45, 7) is 1.29. The maximum atomic E-state index is 9.90. The second kappa shape index (κ2) is 7.79. The van der Waals surface area contributed by atoms with Gasteiger partial charge in [0.1, 0.15) is 23.5 Å². The van der Waals surface area contributed by atoms with Crippen molar-refractivity contribution in [1.29, 1.82) is 0 Å². The summed E-state index contributed by atoms with van der Waals surface area (Å²) in [7, 11) is 1.86. The Morgan fingerprint density at radius 2 is 1.78 bits per heavy atom. The summed E-state index contributed by atoms with van der Waals surface area (Å²) in [5, 5.41) is 38.8. The van der Waals surface area contributed by atoms with Gasteiger partial charge in [-0.25, -0.2) is 9.97 Å². The highest BCUT2D eigenvalue weighted by Crippen LogP contribution is 2.32. The first-order valence-corrected chi connectivity index (χ1v) is 8.61. The van der Waals surface area contributed by atoms with Crippen molar-refractivity contribution in [3.8, 4) is 16.9 Å². The summed E-state index contributed by atoms with van der Waals surface area (Å²) in [6, 6.07) is 6.77. The van der Waals surface area contributed by atoms with Gasteiger partial charge in [0.15, 0.2) is 5.65 Å². The van der Waals surface area contributed by atoms with E-state index in [1.165, 1.54) is 13.0 Å². The molecule has 4 N–H and O–H groups in total. The average molecular weight is 394 g/mol. The third-order valence-corrected chi connectivity index (χ3v) is 4.50. The van der Waals surface area contributed by atoms with E-state index in [-0.39, 0.29) is 10.8 Å². The smallest absolute Gasteiger partial charge is 0.226 e. The highest BCUT2D eigenvalue weighted by atomic mass is 35.5. The summed E-state index contributed by atoms with van der Waals surface area (Å²) in [4.78, 5) is 8.65. The normalized spacial score (nSPS) is 16.1. The number of fused-ring (bicyclic) bond motifs is 1. The summed E-state index contributed by atoms with van der Waals surface area (Å²) in [5.74, 6) is 0.122. The number of aliphatic hydroxyl groups is 4. The number of aryl methyl sites for hydroxylation is 1. The van der Waals surface area contributed by atoms with E-state index in [0.717, 1.165) is 22.3 Å². The lowest BCUT2D eigenvalue weighted by atomic mass is 10.1. The van der Waals surface area contributed by atoms with E-state index in [9.17, 15) is 20.4 Å². The molecule has 0 bridgehead atoms. The lowest BCUT2D eigenvalue weighted by Crippen LogP contribution is -2.45. The molecule has 0 spiro atoms. The summed E-state index contributed by atoms with van der Waals surface area (Å²) < 4.78 is 7.03. The number of halogens is 1. The molecule has 0 amide bonds. The number of rotatable bonds is 6. The standard InChI is InChI=1S/C18H20ClN3O5/c1-9(23)15(24)16(25)18(26)27-14-4-3-10(5-12(14)19)11-6-13-17(20-7-11)22(2)8-21-13/h3-9,15-16,18,23-26H,1-2H3. The quantitative estimate of drug-likeness (QED) is 0.462. The molecule has 4 unspecified atom stereocenters. The van der Waals surface area contributed by atoms with Crippen molar-refractivity contribution >= 4 is 22.8 Å². The van der Waals surface area contributed by atoms with Crippen LogP contribution in [0.2, 0.25) is 5.02 Å². The summed E-state index contributed by atoms with van der Waals surface area (Å²) >= 11 is 6.22. The van der Waals surface area contributed by atoms with E-state index in [4.69, 9.17) is 16.3 Å². The Hall–Kier alpha value is -2.23. The Morgan fingerprint density at radius 3 is 2.44 bits per heavy atom. The van der Waals surface area contributed by atoms with Crippen LogP contribution < -0.4 is 4.74 Å². The number of aromatic nitrogens is 3. The van der Waals surface area contributed by atoms with Crippen LogP contribution in [0.1, 0.15) is 6.92 Å². The molecule has 9 heteroatoms. The maximum absolute atomic E-state index is 9.90. The molecule has 8 nitrogen and oxygen atoms in total. The molecule has 0 aliphatic rings. The molecular weight excluding hydrogens is 374 g/mol. The molecule has 144 valence electrons. The van der Waals surface area contributed by atoms with Crippen molar-refractivity contribution in [2.24, 2.45) is 7.05 Å². The largest absolute Gasteiger partial charge is 0.461 e. The van der Waals surface area contributed by atoms with Crippen LogP contribution in [0.15, 0.2) is 36.8 Å². The second-order valence-corrected chi connectivity index (χ2v) is 6.70. The molecule has 0 aliphatic heterocycles. The lowest BCUT2D eigenvalue weighted by Gasteiger charge is -2.25. The summed E-state index contributed by atoms with van der Waals surface area (Å²) in [6.07, 6.45) is -2.87. The molecule has 2 heterocycles. The number of pyridine rings is 1. The predicted octanol–water partition coefficient (Wildman–Crippen LogP) is 1.09. The minimum absolute atomic E-state index is 0.122. The molecule has 3 aromatic rings. The molecule has 0 aliphatic carbocycles. The molecular formula is C18H20ClN3O5. The maximum Gasteiger partial charge on any atom is 0.226 e. The molecule has 4 atom stereocenters. The van der Waals surface area contributed by atoms with Crippen LogP contribution >= 0.6 is 11.6 Å². The predicted molar refractivity (Wildman–Crippen MR) is 99.3 cm³/mol. The third-order valence-electron chi connectivity index (χ3n) is 4.20. The molecule has 1 aromatic carbocycles. The Balaban J connectivity index is 1.80. The van der Waals surface area contributed by atoms with E-state index in [1.807, 2.05) is 17.7 Å². The fourth-order valence-electron chi connectivity index (χ4n) is 2.60. The SMILES string of the molecule is CC(O)C(O)C(O)C(O)Oc1ccc(-c2cnc3c(c2)ncn3C)cc1Cl. The van der Waals surface area contributed by atoms with Gasteiger partial charge in [0.2, 0.25) is 6.29 Å². The van der Waals surface area contributed by atoms with Crippen LogP contribution in [0.25, 0.3) is 22.3 Å². The first kappa shape index (κ1) is 19.5. The first-order valence-electron chi connectivity index (χ1n) is 8.24. The number of hydrogen-bond acceptors (Lipinski definition) is 7. The minimum Gasteiger partial charge on any atom is -0.461 e. The van der Waals surface area contributed by atoms with Gasteiger partial charge >= 0.3 is 0 Å². The van der Waals surface area contributed by atoms with E-state index in [2.05, 4.69) is 9.97 Å². The van der Waals surface area contributed by atoms with Gasteiger partial charge in [0, 0.05) is 18.8 Å². The van der Waals surface area contributed by atoms with Gasteiger partial charge in [-0.3, -0.25) is 0 Å². The van der Waals surface area contributed by atoms with Crippen LogP contribution in [0.3, 0.4) is 0 Å². The number of imidazole rings is 1. The number of hydrogen-bond donors (Lipinski definition) is 4. The van der Waals surface area contributed by atoms with Gasteiger partial charge in [-0.2, -0.15) is 0 Å². The lowest BCUT2D eigenvalue weighted by molar-refractivity contribution is -0.162. The molecule has 0 radical (unpaired) electrons. The van der Waals surface area contributed by atoms with Crippen molar-refractivity contribution in [3.63, 3.8) is 0 Å². The molecule has 0 fully saturated rings. The zero-order valence-corrected chi connectivity index (χ0v) is 15.4. The van der Waals surface area contributed by atoms with E-state index in [0.29, 0.717) is 0 Å². The summed E-state index contributed by atoms with van der Waals surface area (Å²) in [5.41, 5.74) is 3.09. The minimum atomic E-state index is -1.76. The fraction of sp³-hybridized carbons (Fsp3) is 0.333. The van der Waals surface area contributed by atoms with Crippen LogP contribution in [-0.4, -0.2) is 59.6 Å². The number of ether oxygens (including phenoxy) is 1.